The fourth-order valence-electron chi connectivity index (χ4n) is 2.74. The minimum absolute atomic E-state index is 0.0843. The molecule has 0 spiro atoms. The molecule has 3 rings (SSSR count). The van der Waals surface area contributed by atoms with Crippen LogP contribution in [0.2, 0.25) is 0 Å². The average molecular weight is 302 g/mol. The van der Waals surface area contributed by atoms with Crippen LogP contribution in [0, 0.1) is 0 Å². The minimum atomic E-state index is -0.440. The van der Waals surface area contributed by atoms with Crippen molar-refractivity contribution >= 4 is 5.78 Å². The van der Waals surface area contributed by atoms with Gasteiger partial charge in [-0.2, -0.15) is 0 Å². The van der Waals surface area contributed by atoms with Crippen LogP contribution in [0.5, 0.6) is 28.7 Å². The molecule has 0 bridgehead atoms. The summed E-state index contributed by atoms with van der Waals surface area (Å²) in [4.78, 5) is 12.6. The molecule has 22 heavy (non-hydrogen) atoms. The van der Waals surface area contributed by atoms with Crippen molar-refractivity contribution in [2.75, 3.05) is 14.2 Å². The Bertz CT molecular complexity index is 794. The number of phenolic OH excluding ortho intramolecular Hbond substituents is 3. The molecule has 0 aliphatic heterocycles. The Kier molecular flexibility index (Phi) is 3.09. The van der Waals surface area contributed by atoms with E-state index >= 15 is 0 Å². The first kappa shape index (κ1) is 14.1. The molecule has 0 heterocycles. The molecule has 1 aliphatic carbocycles. The summed E-state index contributed by atoms with van der Waals surface area (Å²) in [5.74, 6) is -1.00. The Labute approximate surface area is 126 Å². The van der Waals surface area contributed by atoms with Crippen molar-refractivity contribution in [3.8, 4) is 28.7 Å². The highest BCUT2D eigenvalue weighted by Crippen LogP contribution is 2.45. The van der Waals surface area contributed by atoms with Crippen molar-refractivity contribution in [3.63, 3.8) is 0 Å². The second kappa shape index (κ2) is 4.84. The lowest BCUT2D eigenvalue weighted by Gasteiger charge is -2.22. The normalized spacial score (nSPS) is 12.5. The van der Waals surface area contributed by atoms with E-state index in [4.69, 9.17) is 9.47 Å². The number of ketones is 1. The van der Waals surface area contributed by atoms with Gasteiger partial charge in [0.05, 0.1) is 19.8 Å². The Morgan fingerprint density at radius 3 is 2.27 bits per heavy atom. The van der Waals surface area contributed by atoms with Gasteiger partial charge in [0.25, 0.3) is 0 Å². The quantitative estimate of drug-likeness (QED) is 0.626. The van der Waals surface area contributed by atoms with Gasteiger partial charge in [0.1, 0.15) is 0 Å². The van der Waals surface area contributed by atoms with E-state index in [1.165, 1.54) is 26.4 Å². The first-order valence-corrected chi connectivity index (χ1v) is 6.54. The number of aromatic hydroxyl groups is 3. The second-order valence-electron chi connectivity index (χ2n) is 5.00. The Morgan fingerprint density at radius 1 is 0.955 bits per heavy atom. The number of benzene rings is 2. The molecule has 114 valence electrons. The second-order valence-corrected chi connectivity index (χ2v) is 5.00. The third kappa shape index (κ3) is 1.84. The van der Waals surface area contributed by atoms with Gasteiger partial charge in [0.15, 0.2) is 28.8 Å². The molecular formula is C16H14O6. The zero-order valence-corrected chi connectivity index (χ0v) is 12.0. The van der Waals surface area contributed by atoms with Gasteiger partial charge >= 0.3 is 0 Å². The van der Waals surface area contributed by atoms with Crippen molar-refractivity contribution in [1.82, 2.24) is 0 Å². The number of rotatable bonds is 2. The van der Waals surface area contributed by atoms with Gasteiger partial charge < -0.3 is 24.8 Å². The molecule has 6 nitrogen and oxygen atoms in total. The molecule has 2 aromatic carbocycles. The molecule has 2 aromatic rings. The predicted octanol–water partition coefficient (Wildman–Crippen LogP) is 1.96. The lowest BCUT2D eigenvalue weighted by molar-refractivity contribution is 0.103. The standard InChI is InChI=1S/C16H14O6/c1-21-12-5-8-3-7-4-10(17)11(18)6-9(7)14(19)13(8)15(20)16(12)22-2/h4-6,17-18,20H,3H2,1-2H3. The summed E-state index contributed by atoms with van der Waals surface area (Å²) >= 11 is 0. The summed E-state index contributed by atoms with van der Waals surface area (Å²) in [5, 5.41) is 29.5. The van der Waals surface area contributed by atoms with Crippen LogP contribution in [0.1, 0.15) is 27.0 Å². The fraction of sp³-hybridized carbons (Fsp3) is 0.188. The number of carbonyl (C=O) groups excluding carboxylic acids is 1. The molecule has 0 atom stereocenters. The monoisotopic (exact) mass is 302 g/mol. The van der Waals surface area contributed by atoms with Crippen LogP contribution >= 0.6 is 0 Å². The highest BCUT2D eigenvalue weighted by atomic mass is 16.5. The maximum Gasteiger partial charge on any atom is 0.203 e. The van der Waals surface area contributed by atoms with E-state index in [1.807, 2.05) is 0 Å². The van der Waals surface area contributed by atoms with Crippen molar-refractivity contribution in [1.29, 1.82) is 0 Å². The maximum absolute atomic E-state index is 12.6. The van der Waals surface area contributed by atoms with Crippen molar-refractivity contribution in [2.24, 2.45) is 0 Å². The third-order valence-corrected chi connectivity index (χ3v) is 3.78. The number of hydrogen-bond donors (Lipinski definition) is 3. The minimum Gasteiger partial charge on any atom is -0.504 e. The number of fused-ring (bicyclic) bond motifs is 2. The topological polar surface area (TPSA) is 96.2 Å². The SMILES string of the molecule is COc1cc2c(c(O)c1OC)C(=O)c1cc(O)c(O)cc1C2. The van der Waals surface area contributed by atoms with Crippen LogP contribution in [-0.2, 0) is 6.42 Å². The van der Waals surface area contributed by atoms with Gasteiger partial charge in [-0.1, -0.05) is 0 Å². The van der Waals surface area contributed by atoms with E-state index in [1.54, 1.807) is 6.07 Å². The van der Waals surface area contributed by atoms with Crippen LogP contribution in [0.4, 0.5) is 0 Å². The molecule has 0 fully saturated rings. The molecule has 6 heteroatoms. The van der Waals surface area contributed by atoms with E-state index in [0.29, 0.717) is 23.3 Å². The largest absolute Gasteiger partial charge is 0.504 e. The van der Waals surface area contributed by atoms with Gasteiger partial charge in [-0.15, -0.1) is 0 Å². The summed E-state index contributed by atoms with van der Waals surface area (Å²) in [5.41, 5.74) is 1.50. The van der Waals surface area contributed by atoms with Crippen LogP contribution in [0.15, 0.2) is 18.2 Å². The molecule has 0 radical (unpaired) electrons. The molecule has 0 amide bonds. The van der Waals surface area contributed by atoms with E-state index in [9.17, 15) is 20.1 Å². The van der Waals surface area contributed by atoms with Crippen molar-refractivity contribution in [3.05, 3.63) is 40.5 Å². The van der Waals surface area contributed by atoms with Crippen molar-refractivity contribution < 1.29 is 29.6 Å². The maximum atomic E-state index is 12.6. The molecule has 0 unspecified atom stereocenters. The van der Waals surface area contributed by atoms with Crippen LogP contribution in [0.3, 0.4) is 0 Å². The smallest absolute Gasteiger partial charge is 0.203 e. The number of methoxy groups -OCH3 is 2. The van der Waals surface area contributed by atoms with Gasteiger partial charge in [0.2, 0.25) is 5.75 Å². The third-order valence-electron chi connectivity index (χ3n) is 3.78. The summed E-state index contributed by atoms with van der Waals surface area (Å²) in [7, 11) is 2.81. The highest BCUT2D eigenvalue weighted by Gasteiger charge is 2.31. The molecular weight excluding hydrogens is 288 g/mol. The predicted molar refractivity (Wildman–Crippen MR) is 77.2 cm³/mol. The Morgan fingerprint density at radius 2 is 1.64 bits per heavy atom. The summed E-state index contributed by atoms with van der Waals surface area (Å²) < 4.78 is 10.3. The highest BCUT2D eigenvalue weighted by molar-refractivity contribution is 6.15. The number of carbonyl (C=O) groups is 1. The van der Waals surface area contributed by atoms with Gasteiger partial charge in [-0.3, -0.25) is 4.79 Å². The van der Waals surface area contributed by atoms with Crippen LogP contribution in [-0.4, -0.2) is 35.3 Å². The van der Waals surface area contributed by atoms with E-state index in [2.05, 4.69) is 0 Å². The summed E-state index contributed by atoms with van der Waals surface area (Å²) in [6.07, 6.45) is 0.318. The molecule has 0 aromatic heterocycles. The first-order valence-electron chi connectivity index (χ1n) is 6.54. The fourth-order valence-corrected chi connectivity index (χ4v) is 2.74. The van der Waals surface area contributed by atoms with E-state index < -0.39 is 5.78 Å². The van der Waals surface area contributed by atoms with E-state index in [-0.39, 0.29) is 34.1 Å². The zero-order valence-electron chi connectivity index (χ0n) is 12.0. The molecule has 0 saturated heterocycles. The zero-order chi connectivity index (χ0) is 16.0. The number of ether oxygens (including phenoxy) is 2. The van der Waals surface area contributed by atoms with Gasteiger partial charge in [0, 0.05) is 5.56 Å². The van der Waals surface area contributed by atoms with Gasteiger partial charge in [-0.25, -0.2) is 0 Å². The van der Waals surface area contributed by atoms with Crippen LogP contribution < -0.4 is 9.47 Å². The van der Waals surface area contributed by atoms with Crippen LogP contribution in [0.25, 0.3) is 0 Å². The Balaban J connectivity index is 2.25. The molecule has 1 aliphatic rings. The molecule has 3 N–H and O–H groups in total. The summed E-state index contributed by atoms with van der Waals surface area (Å²) in [6.45, 7) is 0. The van der Waals surface area contributed by atoms with Gasteiger partial charge in [-0.05, 0) is 35.7 Å². The summed E-state index contributed by atoms with van der Waals surface area (Å²) in [6, 6.07) is 4.17. The lowest BCUT2D eigenvalue weighted by atomic mass is 9.84. The van der Waals surface area contributed by atoms with E-state index in [0.717, 1.165) is 0 Å². The average Bonchev–Trinajstić information content (AvgIpc) is 2.49. The molecule has 0 saturated carbocycles. The van der Waals surface area contributed by atoms with Crippen molar-refractivity contribution in [2.45, 2.75) is 6.42 Å². The Hall–Kier alpha value is -2.89. The first-order chi connectivity index (χ1) is 10.5. The number of hydrogen-bond acceptors (Lipinski definition) is 6. The lowest BCUT2D eigenvalue weighted by Crippen LogP contribution is -2.16. The number of phenols is 3.